The Hall–Kier alpha value is -2.50. The maximum atomic E-state index is 3.39. The third kappa shape index (κ3) is 16.4. The number of rotatable bonds is 14. The van der Waals surface area contributed by atoms with Gasteiger partial charge in [-0.15, -0.1) is 0 Å². The SMILES string of the molecule is BrCCCCC#CC#CCCCCBr.C(C#CCCCC[n+]1cccc2c1CCCC2)#CCCCC[n+]1ccc2c(c1)CCCC2. The molecule has 4 rings (SSSR count). The molecule has 0 aliphatic heterocycles. The van der Waals surface area contributed by atoms with Gasteiger partial charge in [0.2, 0.25) is 0 Å². The number of hydrogen-bond acceptors (Lipinski definition) is 0. The van der Waals surface area contributed by atoms with Gasteiger partial charge in [0.15, 0.2) is 24.3 Å². The van der Waals surface area contributed by atoms with Crippen molar-refractivity contribution in [1.29, 1.82) is 0 Å². The summed E-state index contributed by atoms with van der Waals surface area (Å²) < 4.78 is 4.84. The van der Waals surface area contributed by atoms with Crippen LogP contribution in [0.15, 0.2) is 36.8 Å². The monoisotopic (exact) mass is 744 g/mol. The summed E-state index contributed by atoms with van der Waals surface area (Å²) in [5, 5.41) is 2.15. The minimum absolute atomic E-state index is 0.954. The van der Waals surface area contributed by atoms with E-state index in [-0.39, 0.29) is 0 Å². The van der Waals surface area contributed by atoms with Gasteiger partial charge in [0.25, 0.3) is 0 Å². The highest BCUT2D eigenvalue weighted by Gasteiger charge is 2.18. The molecule has 2 aromatic rings. The lowest BCUT2D eigenvalue weighted by Crippen LogP contribution is -2.40. The molecule has 46 heavy (non-hydrogen) atoms. The fourth-order valence-corrected chi connectivity index (χ4v) is 6.68. The van der Waals surface area contributed by atoms with Crippen LogP contribution in [0.4, 0.5) is 0 Å². The van der Waals surface area contributed by atoms with Crippen LogP contribution in [0.1, 0.15) is 125 Å². The number of unbranched alkanes of at least 4 members (excludes halogenated alkanes) is 8. The van der Waals surface area contributed by atoms with Crippen molar-refractivity contribution in [3.8, 4) is 47.4 Å². The maximum Gasteiger partial charge on any atom is 0.184 e. The average molecular weight is 747 g/mol. The van der Waals surface area contributed by atoms with Crippen molar-refractivity contribution in [2.75, 3.05) is 10.7 Å². The molecule has 0 saturated heterocycles. The van der Waals surface area contributed by atoms with Crippen LogP contribution in [0.3, 0.4) is 0 Å². The fraction of sp³-hybridized carbons (Fsp3) is 0.571. The topological polar surface area (TPSA) is 7.76 Å². The predicted octanol–water partition coefficient (Wildman–Crippen LogP) is 9.19. The van der Waals surface area contributed by atoms with E-state index in [9.17, 15) is 0 Å². The van der Waals surface area contributed by atoms with Gasteiger partial charge in [0.1, 0.15) is 13.1 Å². The molecule has 0 saturated carbocycles. The summed E-state index contributed by atoms with van der Waals surface area (Å²) in [7, 11) is 0. The van der Waals surface area contributed by atoms with Crippen molar-refractivity contribution >= 4 is 31.9 Å². The Kier molecular flexibility index (Phi) is 21.1. The molecule has 2 nitrogen and oxygen atoms in total. The van der Waals surface area contributed by atoms with Crippen molar-refractivity contribution in [2.45, 2.75) is 142 Å². The molecule has 0 unspecified atom stereocenters. The molecule has 0 spiro atoms. The summed E-state index contributed by atoms with van der Waals surface area (Å²) in [6.45, 7) is 2.22. The zero-order valence-electron chi connectivity index (χ0n) is 28.1. The molecule has 2 aliphatic carbocycles. The molecule has 0 atom stereocenters. The Labute approximate surface area is 298 Å². The summed E-state index contributed by atoms with van der Waals surface area (Å²) in [6, 6.07) is 6.85. The molecule has 0 aromatic carbocycles. The molecule has 0 N–H and O–H groups in total. The van der Waals surface area contributed by atoms with E-state index in [2.05, 4.69) is 125 Å². The lowest BCUT2D eigenvalue weighted by molar-refractivity contribution is -0.705. The van der Waals surface area contributed by atoms with Crippen molar-refractivity contribution in [3.63, 3.8) is 0 Å². The summed E-state index contributed by atoms with van der Waals surface area (Å²) in [5.41, 5.74) is 6.26. The molecule has 2 aromatic heterocycles. The van der Waals surface area contributed by atoms with E-state index in [0.717, 1.165) is 62.3 Å². The fourth-order valence-electron chi connectivity index (χ4n) is 5.89. The molecule has 0 bridgehead atoms. The average Bonchev–Trinajstić information content (AvgIpc) is 3.10. The molecule has 0 radical (unpaired) electrons. The number of nitrogens with zero attached hydrogens (tertiary/aromatic N) is 2. The van der Waals surface area contributed by atoms with Crippen LogP contribution in [0.5, 0.6) is 0 Å². The van der Waals surface area contributed by atoms with Gasteiger partial charge in [-0.1, -0.05) is 55.5 Å². The first-order chi connectivity index (χ1) is 22.8. The molecule has 244 valence electrons. The Balaban J connectivity index is 0.000000349. The second-order valence-electron chi connectivity index (χ2n) is 12.2. The van der Waals surface area contributed by atoms with Crippen LogP contribution in [-0.4, -0.2) is 10.7 Å². The maximum absolute atomic E-state index is 3.39. The number of halogens is 2. The van der Waals surface area contributed by atoms with Gasteiger partial charge in [-0.25, -0.2) is 9.13 Å². The number of pyridine rings is 2. The summed E-state index contributed by atoms with van der Waals surface area (Å²) in [5.74, 6) is 24.5. The minimum atomic E-state index is 0.954. The third-order valence-corrected chi connectivity index (χ3v) is 9.62. The predicted molar refractivity (Wildman–Crippen MR) is 201 cm³/mol. The highest BCUT2D eigenvalue weighted by Crippen LogP contribution is 2.19. The van der Waals surface area contributed by atoms with E-state index in [0.29, 0.717) is 0 Å². The first kappa shape index (κ1) is 38.0. The lowest BCUT2D eigenvalue weighted by Gasteiger charge is -2.13. The Bertz CT molecular complexity index is 1390. The molecule has 0 fully saturated rings. The zero-order chi connectivity index (χ0) is 32.3. The van der Waals surface area contributed by atoms with Crippen molar-refractivity contribution < 1.29 is 9.13 Å². The van der Waals surface area contributed by atoms with Gasteiger partial charge < -0.3 is 0 Å². The summed E-state index contributed by atoms with van der Waals surface area (Å²) >= 11 is 6.77. The number of fused-ring (bicyclic) bond motifs is 2. The normalized spacial score (nSPS) is 12.6. The van der Waals surface area contributed by atoms with E-state index >= 15 is 0 Å². The Morgan fingerprint density at radius 1 is 0.522 bits per heavy atom. The highest BCUT2D eigenvalue weighted by molar-refractivity contribution is 9.09. The number of aryl methyl sites for hydroxylation is 5. The van der Waals surface area contributed by atoms with Crippen LogP contribution in [0.2, 0.25) is 0 Å². The summed E-state index contributed by atoms with van der Waals surface area (Å²) in [6.07, 6.45) is 30.6. The highest BCUT2D eigenvalue weighted by atomic mass is 79.9. The van der Waals surface area contributed by atoms with Gasteiger partial charge in [0, 0.05) is 78.9 Å². The largest absolute Gasteiger partial charge is 0.205 e. The second-order valence-corrected chi connectivity index (χ2v) is 13.8. The van der Waals surface area contributed by atoms with Crippen LogP contribution in [0.25, 0.3) is 0 Å². The third-order valence-electron chi connectivity index (χ3n) is 8.50. The van der Waals surface area contributed by atoms with Gasteiger partial charge in [0.05, 0.1) is 0 Å². The zero-order valence-corrected chi connectivity index (χ0v) is 31.3. The van der Waals surface area contributed by atoms with Gasteiger partial charge in [-0.2, -0.15) is 0 Å². The van der Waals surface area contributed by atoms with Crippen molar-refractivity contribution in [2.24, 2.45) is 0 Å². The van der Waals surface area contributed by atoms with E-state index in [4.69, 9.17) is 0 Å². The van der Waals surface area contributed by atoms with Crippen LogP contribution < -0.4 is 9.13 Å². The smallest absolute Gasteiger partial charge is 0.184 e. The number of aromatic nitrogens is 2. The van der Waals surface area contributed by atoms with Crippen LogP contribution >= 0.6 is 31.9 Å². The number of hydrogen-bond donors (Lipinski definition) is 0. The molecule has 2 aliphatic rings. The Morgan fingerprint density at radius 3 is 1.65 bits per heavy atom. The summed E-state index contributed by atoms with van der Waals surface area (Å²) in [4.78, 5) is 0. The van der Waals surface area contributed by atoms with Gasteiger partial charge >= 0.3 is 0 Å². The quantitative estimate of drug-likeness (QED) is 0.0789. The first-order valence-corrected chi connectivity index (χ1v) is 20.1. The van der Waals surface area contributed by atoms with Crippen molar-refractivity contribution in [1.82, 2.24) is 0 Å². The second kappa shape index (κ2) is 25.6. The molecular weight excluding hydrogens is 692 g/mol. The van der Waals surface area contributed by atoms with Crippen molar-refractivity contribution in [3.05, 3.63) is 59.2 Å². The standard InChI is InChI=1S/C30H38N2.C12H16Br2/c1(3-5-7-13-22-31-25-21-27-16-9-10-18-29(27)26-31)2-4-6-8-14-23-32-24-15-19-28-17-11-12-20-30(28)32;13-11-9-7-5-3-1-2-4-6-8-10-12-14/h15,19,21,24-26H,5-14,16-18,20,22-23H2;5-12H2/q+2;. The van der Waals surface area contributed by atoms with E-state index < -0.39 is 0 Å². The minimum Gasteiger partial charge on any atom is -0.205 e. The van der Waals surface area contributed by atoms with E-state index in [1.807, 2.05) is 0 Å². The molecule has 0 amide bonds. The molecular formula is C42H54Br2N2+2. The van der Waals surface area contributed by atoms with E-state index in [1.54, 1.807) is 22.4 Å². The van der Waals surface area contributed by atoms with Crippen LogP contribution in [-0.2, 0) is 38.8 Å². The van der Waals surface area contributed by atoms with E-state index in [1.165, 1.54) is 89.9 Å². The molecule has 4 heteroatoms. The van der Waals surface area contributed by atoms with Crippen LogP contribution in [0, 0.1) is 47.4 Å². The molecule has 2 heterocycles. The first-order valence-electron chi connectivity index (χ1n) is 17.9. The van der Waals surface area contributed by atoms with Gasteiger partial charge in [-0.3, -0.25) is 0 Å². The van der Waals surface area contributed by atoms with Gasteiger partial charge in [-0.05, 0) is 119 Å². The lowest BCUT2D eigenvalue weighted by atomic mass is 9.93. The Morgan fingerprint density at radius 2 is 1.04 bits per heavy atom. The number of alkyl halides is 2.